The van der Waals surface area contributed by atoms with E-state index in [9.17, 15) is 28.3 Å². The average Bonchev–Trinajstić information content (AvgIpc) is 2.91. The number of aromatic hydroxyl groups is 1. The molecule has 1 heterocycles. The summed E-state index contributed by atoms with van der Waals surface area (Å²) in [5.74, 6) is 0.214. The minimum atomic E-state index is -4.82. The summed E-state index contributed by atoms with van der Waals surface area (Å²) in [5.41, 5.74) is 0.297. The van der Waals surface area contributed by atoms with Crippen LogP contribution < -0.4 is 15.0 Å². The molecule has 40 heavy (non-hydrogen) atoms. The zero-order chi connectivity index (χ0) is 28.9. The van der Waals surface area contributed by atoms with Gasteiger partial charge in [0.15, 0.2) is 5.75 Å². The van der Waals surface area contributed by atoms with Crippen molar-refractivity contribution < 1.29 is 33.0 Å². The van der Waals surface area contributed by atoms with Crippen LogP contribution in [0.4, 0.5) is 29.0 Å². The van der Waals surface area contributed by atoms with E-state index in [1.807, 2.05) is 0 Å². The van der Waals surface area contributed by atoms with Crippen LogP contribution in [-0.2, 0) is 10.1 Å². The number of aliphatic hydroxyl groups is 2. The highest BCUT2D eigenvalue weighted by atomic mass is 35.5. The largest absolute Gasteiger partial charge is 0.505 e. The molecular weight excluding hydrogens is 566 g/mol. The second-order valence-corrected chi connectivity index (χ2v) is 9.90. The summed E-state index contributed by atoms with van der Waals surface area (Å²) in [4.78, 5) is 13.2. The Morgan fingerprint density at radius 1 is 1.00 bits per heavy atom. The number of anilines is 3. The fraction of sp³-hybridized carbons (Fsp3) is 0.208. The van der Waals surface area contributed by atoms with E-state index < -0.39 is 26.5 Å². The molecule has 0 saturated heterocycles. The van der Waals surface area contributed by atoms with Gasteiger partial charge in [-0.1, -0.05) is 0 Å². The zero-order valence-electron chi connectivity index (χ0n) is 20.9. The Bertz CT molecular complexity index is 1650. The highest BCUT2D eigenvalue weighted by Gasteiger charge is 2.22. The maximum absolute atomic E-state index is 12.2. The van der Waals surface area contributed by atoms with Gasteiger partial charge in [-0.2, -0.15) is 28.5 Å². The molecule has 14 nitrogen and oxygen atoms in total. The molecule has 0 amide bonds. The lowest BCUT2D eigenvalue weighted by molar-refractivity contribution is 0.280. The second-order valence-electron chi connectivity index (χ2n) is 8.17. The summed E-state index contributed by atoms with van der Waals surface area (Å²) < 4.78 is 39.3. The molecule has 0 atom stereocenters. The van der Waals surface area contributed by atoms with Gasteiger partial charge in [0.2, 0.25) is 17.2 Å². The minimum absolute atomic E-state index is 0.0272. The van der Waals surface area contributed by atoms with E-state index in [2.05, 4.69) is 30.5 Å². The van der Waals surface area contributed by atoms with Crippen molar-refractivity contribution >= 4 is 61.5 Å². The quantitative estimate of drug-likeness (QED) is 0.126. The summed E-state index contributed by atoms with van der Waals surface area (Å²) in [5, 5.41) is 40.6. The lowest BCUT2D eigenvalue weighted by Crippen LogP contribution is -2.31. The van der Waals surface area contributed by atoms with Crippen LogP contribution in [0.1, 0.15) is 0 Å². The predicted octanol–water partition coefficient (Wildman–Crippen LogP) is 3.59. The van der Waals surface area contributed by atoms with Crippen LogP contribution in [0, 0.1) is 0 Å². The molecule has 4 rings (SSSR count). The third-order valence-corrected chi connectivity index (χ3v) is 6.58. The highest BCUT2D eigenvalue weighted by molar-refractivity contribution is 7.86. The van der Waals surface area contributed by atoms with Crippen molar-refractivity contribution in [3.63, 3.8) is 0 Å². The fourth-order valence-electron chi connectivity index (χ4n) is 3.70. The standard InChI is InChI=1S/C24H24ClN7O7S/c1-39-17-5-2-15(3-6-17)30-31-20-19(40(36,37)38)13-14-12-16(4-7-18(14)21(20)35)26-23-27-22(25)28-24(29-23)32(8-10-33)9-11-34/h2-7,12-13,33-35H,8-11H2,1H3,(H,36,37,38)(H,26,27,28,29). The first-order valence-electron chi connectivity index (χ1n) is 11.6. The van der Waals surface area contributed by atoms with Gasteiger partial charge in [0.25, 0.3) is 10.1 Å². The van der Waals surface area contributed by atoms with E-state index in [-0.39, 0.29) is 54.3 Å². The Morgan fingerprint density at radius 2 is 1.70 bits per heavy atom. The topological polar surface area (TPSA) is 203 Å². The molecule has 4 aromatic rings. The number of azo groups is 1. The van der Waals surface area contributed by atoms with Gasteiger partial charge in [-0.3, -0.25) is 4.55 Å². The third kappa shape index (κ3) is 6.70. The molecule has 0 bridgehead atoms. The molecular formula is C24H24ClN7O7S. The molecule has 0 aliphatic rings. The molecule has 0 aliphatic heterocycles. The van der Waals surface area contributed by atoms with Gasteiger partial charge in [0, 0.05) is 24.2 Å². The Kier molecular flexibility index (Phi) is 8.91. The molecule has 210 valence electrons. The number of aliphatic hydroxyl groups excluding tert-OH is 2. The number of phenolic OH excluding ortho intramolecular Hbond substituents is 1. The van der Waals surface area contributed by atoms with E-state index in [4.69, 9.17) is 16.3 Å². The molecule has 16 heteroatoms. The van der Waals surface area contributed by atoms with Crippen molar-refractivity contribution in [2.75, 3.05) is 43.6 Å². The third-order valence-electron chi connectivity index (χ3n) is 5.54. The van der Waals surface area contributed by atoms with Crippen LogP contribution in [0.25, 0.3) is 10.8 Å². The van der Waals surface area contributed by atoms with Gasteiger partial charge >= 0.3 is 0 Å². The Balaban J connectivity index is 1.72. The molecule has 0 saturated carbocycles. The first-order chi connectivity index (χ1) is 19.1. The monoisotopic (exact) mass is 589 g/mol. The summed E-state index contributed by atoms with van der Waals surface area (Å²) >= 11 is 6.05. The Morgan fingerprint density at radius 3 is 2.33 bits per heavy atom. The lowest BCUT2D eigenvalue weighted by atomic mass is 10.1. The maximum Gasteiger partial charge on any atom is 0.296 e. The van der Waals surface area contributed by atoms with Crippen molar-refractivity contribution in [3.8, 4) is 11.5 Å². The number of benzene rings is 3. The first-order valence-corrected chi connectivity index (χ1v) is 13.4. The minimum Gasteiger partial charge on any atom is -0.505 e. The van der Waals surface area contributed by atoms with Crippen LogP contribution in [0.2, 0.25) is 5.28 Å². The summed E-state index contributed by atoms with van der Waals surface area (Å²) in [6, 6.07) is 12.1. The molecule has 0 radical (unpaired) electrons. The van der Waals surface area contributed by atoms with Gasteiger partial charge < -0.3 is 30.3 Å². The van der Waals surface area contributed by atoms with Crippen molar-refractivity contribution in [2.24, 2.45) is 10.2 Å². The van der Waals surface area contributed by atoms with Crippen molar-refractivity contribution in [1.82, 2.24) is 15.0 Å². The van der Waals surface area contributed by atoms with Crippen molar-refractivity contribution in [2.45, 2.75) is 4.90 Å². The van der Waals surface area contributed by atoms with Gasteiger partial charge in [-0.05, 0) is 65.5 Å². The zero-order valence-corrected chi connectivity index (χ0v) is 22.5. The van der Waals surface area contributed by atoms with Gasteiger partial charge in [-0.25, -0.2) is 0 Å². The number of aromatic nitrogens is 3. The summed E-state index contributed by atoms with van der Waals surface area (Å²) in [6.07, 6.45) is 0. The fourth-order valence-corrected chi connectivity index (χ4v) is 4.51. The normalized spacial score (nSPS) is 11.7. The second kappa shape index (κ2) is 12.4. The van der Waals surface area contributed by atoms with Crippen LogP contribution in [0.15, 0.2) is 63.7 Å². The molecule has 1 aromatic heterocycles. The molecule has 0 unspecified atom stereocenters. The molecule has 0 fully saturated rings. The van der Waals surface area contributed by atoms with Crippen LogP contribution >= 0.6 is 11.6 Å². The number of fused-ring (bicyclic) bond motifs is 1. The number of nitrogens with zero attached hydrogens (tertiary/aromatic N) is 6. The number of phenols is 1. The molecule has 0 aliphatic carbocycles. The van der Waals surface area contributed by atoms with E-state index in [1.165, 1.54) is 24.1 Å². The SMILES string of the molecule is COc1ccc(N=Nc2c(S(=O)(=O)O)cc3cc(Nc4nc(Cl)nc(N(CCO)CCO)n4)ccc3c2O)cc1. The van der Waals surface area contributed by atoms with E-state index >= 15 is 0 Å². The smallest absolute Gasteiger partial charge is 0.296 e. The summed E-state index contributed by atoms with van der Waals surface area (Å²) in [7, 11) is -3.31. The van der Waals surface area contributed by atoms with Crippen LogP contribution in [0.5, 0.6) is 11.5 Å². The van der Waals surface area contributed by atoms with Crippen LogP contribution in [-0.4, -0.2) is 76.7 Å². The molecule has 3 aromatic carbocycles. The molecule has 0 spiro atoms. The predicted molar refractivity (Wildman–Crippen MR) is 147 cm³/mol. The number of hydrogen-bond acceptors (Lipinski definition) is 13. The van der Waals surface area contributed by atoms with Gasteiger partial charge in [0.05, 0.1) is 26.0 Å². The Hall–Kier alpha value is -4.15. The highest BCUT2D eigenvalue weighted by Crippen LogP contribution is 2.42. The van der Waals surface area contributed by atoms with E-state index in [0.717, 1.165) is 6.07 Å². The molecule has 5 N–H and O–H groups in total. The number of methoxy groups -OCH3 is 1. The maximum atomic E-state index is 12.2. The van der Waals surface area contributed by atoms with Crippen LogP contribution in [0.3, 0.4) is 0 Å². The number of hydrogen-bond donors (Lipinski definition) is 5. The number of rotatable bonds is 11. The number of ether oxygens (including phenoxy) is 1. The average molecular weight is 590 g/mol. The van der Waals surface area contributed by atoms with Gasteiger partial charge in [-0.15, -0.1) is 5.11 Å². The number of halogens is 1. The van der Waals surface area contributed by atoms with E-state index in [1.54, 1.807) is 30.3 Å². The first kappa shape index (κ1) is 28.8. The van der Waals surface area contributed by atoms with Crippen molar-refractivity contribution in [1.29, 1.82) is 0 Å². The van der Waals surface area contributed by atoms with Gasteiger partial charge in [0.1, 0.15) is 16.3 Å². The Labute approximate surface area is 233 Å². The van der Waals surface area contributed by atoms with E-state index in [0.29, 0.717) is 17.1 Å². The summed E-state index contributed by atoms with van der Waals surface area (Å²) in [6.45, 7) is -0.131. The number of nitrogens with one attached hydrogen (secondary N) is 1. The van der Waals surface area contributed by atoms with Crippen molar-refractivity contribution in [3.05, 3.63) is 53.8 Å². The lowest BCUT2D eigenvalue weighted by Gasteiger charge is -2.20.